The van der Waals surface area contributed by atoms with Gasteiger partial charge in [0.2, 0.25) is 5.82 Å². The normalized spacial score (nSPS) is 11.9. The Morgan fingerprint density at radius 2 is 1.59 bits per heavy atom. The summed E-state index contributed by atoms with van der Waals surface area (Å²) in [6.45, 7) is 6.00. The number of carbonyl (C=O) groups is 2. The Balaban J connectivity index is 1.43. The quantitative estimate of drug-likeness (QED) is 0.376. The third-order valence-corrected chi connectivity index (χ3v) is 5.33. The zero-order chi connectivity index (χ0) is 27.0. The molecule has 9 nitrogen and oxygen atoms in total. The summed E-state index contributed by atoms with van der Waals surface area (Å²) < 4.78 is 43.7. The second kappa shape index (κ2) is 9.52. The molecule has 4 rings (SSSR count). The van der Waals surface area contributed by atoms with Crippen molar-refractivity contribution in [2.45, 2.75) is 32.4 Å². The van der Waals surface area contributed by atoms with Crippen LogP contribution in [0.3, 0.4) is 0 Å². The third-order valence-electron chi connectivity index (χ3n) is 5.33. The molecular weight excluding hydrogens is 489 g/mol. The molecule has 0 atom stereocenters. The minimum Gasteiger partial charge on any atom is -0.329 e. The summed E-state index contributed by atoms with van der Waals surface area (Å²) in [4.78, 5) is 28.9. The molecule has 0 saturated heterocycles. The first-order chi connectivity index (χ1) is 17.3. The highest BCUT2D eigenvalue weighted by Gasteiger charge is 2.38. The van der Waals surface area contributed by atoms with Gasteiger partial charge in [0.25, 0.3) is 11.8 Å². The molecule has 0 aliphatic heterocycles. The van der Waals surface area contributed by atoms with E-state index in [4.69, 9.17) is 0 Å². The summed E-state index contributed by atoms with van der Waals surface area (Å²) in [7, 11) is 1.69. The number of aromatic nitrogens is 4. The SMILES string of the molecule is Cn1nc(C(C)(C)C)cc1C(=O)Nc1cccc(C(=O)Nc2ccc(-c3noc(C(F)(F)F)n3)cc2)c1. The molecule has 0 radical (unpaired) electrons. The summed E-state index contributed by atoms with van der Waals surface area (Å²) in [5, 5.41) is 13.2. The van der Waals surface area contributed by atoms with E-state index in [1.807, 2.05) is 20.8 Å². The molecule has 192 valence electrons. The van der Waals surface area contributed by atoms with Crippen molar-refractivity contribution >= 4 is 23.2 Å². The van der Waals surface area contributed by atoms with Crippen LogP contribution in [0.5, 0.6) is 0 Å². The Bertz CT molecular complexity index is 1450. The minimum atomic E-state index is -4.74. The number of nitrogens with one attached hydrogen (secondary N) is 2. The largest absolute Gasteiger partial charge is 0.471 e. The first-order valence-corrected chi connectivity index (χ1v) is 11.1. The first-order valence-electron chi connectivity index (χ1n) is 11.1. The van der Waals surface area contributed by atoms with Gasteiger partial charge in [-0.1, -0.05) is 32.0 Å². The van der Waals surface area contributed by atoms with Crippen LogP contribution in [-0.2, 0) is 18.6 Å². The molecular formula is C25H23F3N6O3. The predicted octanol–water partition coefficient (Wildman–Crippen LogP) is 5.29. The van der Waals surface area contributed by atoms with Crippen LogP contribution in [0, 0.1) is 0 Å². The van der Waals surface area contributed by atoms with E-state index in [2.05, 4.69) is 30.4 Å². The van der Waals surface area contributed by atoms with Crippen molar-refractivity contribution in [1.29, 1.82) is 0 Å². The van der Waals surface area contributed by atoms with Crippen LogP contribution in [0.4, 0.5) is 24.5 Å². The molecule has 2 amide bonds. The fraction of sp³-hybridized carbons (Fsp3) is 0.240. The first kappa shape index (κ1) is 25.6. The van der Waals surface area contributed by atoms with E-state index in [-0.39, 0.29) is 28.3 Å². The lowest BCUT2D eigenvalue weighted by Crippen LogP contribution is -2.17. The number of halogens is 3. The average molecular weight is 512 g/mol. The van der Waals surface area contributed by atoms with Crippen LogP contribution in [0.1, 0.15) is 53.2 Å². The van der Waals surface area contributed by atoms with Crippen molar-refractivity contribution in [2.75, 3.05) is 10.6 Å². The van der Waals surface area contributed by atoms with E-state index in [1.54, 1.807) is 31.3 Å². The van der Waals surface area contributed by atoms with E-state index in [0.717, 1.165) is 5.69 Å². The Morgan fingerprint density at radius 1 is 0.919 bits per heavy atom. The Morgan fingerprint density at radius 3 is 2.19 bits per heavy atom. The molecule has 0 saturated carbocycles. The van der Waals surface area contributed by atoms with Gasteiger partial charge in [0.05, 0.1) is 5.69 Å². The number of benzene rings is 2. The van der Waals surface area contributed by atoms with Gasteiger partial charge in [0, 0.05) is 35.0 Å². The van der Waals surface area contributed by atoms with Gasteiger partial charge in [-0.15, -0.1) is 0 Å². The number of nitrogens with zero attached hydrogens (tertiary/aromatic N) is 4. The fourth-order valence-corrected chi connectivity index (χ4v) is 3.34. The number of rotatable bonds is 5. The lowest BCUT2D eigenvalue weighted by molar-refractivity contribution is -0.159. The summed E-state index contributed by atoms with van der Waals surface area (Å²) in [6.07, 6.45) is -4.74. The lowest BCUT2D eigenvalue weighted by atomic mass is 9.92. The molecule has 4 aromatic rings. The fourth-order valence-electron chi connectivity index (χ4n) is 3.34. The van der Waals surface area contributed by atoms with E-state index in [9.17, 15) is 22.8 Å². The molecule has 0 bridgehead atoms. The summed E-state index contributed by atoms with van der Waals surface area (Å²) in [6, 6.07) is 14.0. The van der Waals surface area contributed by atoms with Crippen molar-refractivity contribution in [3.05, 3.63) is 77.4 Å². The van der Waals surface area contributed by atoms with Crippen molar-refractivity contribution < 1.29 is 27.3 Å². The molecule has 2 heterocycles. The standard InChI is InChI=1S/C25H23F3N6O3/c1-24(2,3)19-13-18(34(4)32-19)22(36)30-17-7-5-6-15(12-17)21(35)29-16-10-8-14(9-11-16)20-31-23(37-33-20)25(26,27)28/h5-13H,1-4H3,(H,29,35)(H,30,36). The molecule has 0 fully saturated rings. The van der Waals surface area contributed by atoms with Crippen LogP contribution in [-0.4, -0.2) is 31.7 Å². The summed E-state index contributed by atoms with van der Waals surface area (Å²) in [5.41, 5.74) is 2.32. The van der Waals surface area contributed by atoms with E-state index >= 15 is 0 Å². The molecule has 0 spiro atoms. The van der Waals surface area contributed by atoms with Gasteiger partial charge in [-0.25, -0.2) is 0 Å². The van der Waals surface area contributed by atoms with Gasteiger partial charge in [0.15, 0.2) is 0 Å². The molecule has 0 aliphatic carbocycles. The number of hydrogen-bond acceptors (Lipinski definition) is 6. The minimum absolute atomic E-state index is 0.218. The number of hydrogen-bond donors (Lipinski definition) is 2. The highest BCUT2D eigenvalue weighted by atomic mass is 19.4. The number of carbonyl (C=O) groups excluding carboxylic acids is 2. The van der Waals surface area contributed by atoms with Gasteiger partial charge in [-0.05, 0) is 48.5 Å². The smallest absolute Gasteiger partial charge is 0.329 e. The molecule has 2 aromatic heterocycles. The summed E-state index contributed by atoms with van der Waals surface area (Å²) in [5.74, 6) is -2.48. The molecule has 37 heavy (non-hydrogen) atoms. The highest BCUT2D eigenvalue weighted by molar-refractivity contribution is 6.07. The Labute approximate surface area is 209 Å². The maximum atomic E-state index is 12.8. The maximum Gasteiger partial charge on any atom is 0.471 e. The molecule has 2 aromatic carbocycles. The Kier molecular flexibility index (Phi) is 6.59. The number of amides is 2. The van der Waals surface area contributed by atoms with Crippen molar-refractivity contribution in [1.82, 2.24) is 19.9 Å². The predicted molar refractivity (Wildman–Crippen MR) is 129 cm³/mol. The Hall–Kier alpha value is -4.48. The molecule has 12 heteroatoms. The molecule has 0 aliphatic rings. The highest BCUT2D eigenvalue weighted by Crippen LogP contribution is 2.29. The van der Waals surface area contributed by atoms with Gasteiger partial charge in [0.1, 0.15) is 5.69 Å². The van der Waals surface area contributed by atoms with Gasteiger partial charge in [-0.2, -0.15) is 23.3 Å². The maximum absolute atomic E-state index is 12.8. The van der Waals surface area contributed by atoms with Crippen LogP contribution < -0.4 is 10.6 Å². The van der Waals surface area contributed by atoms with E-state index in [0.29, 0.717) is 17.1 Å². The number of anilines is 2. The van der Waals surface area contributed by atoms with Gasteiger partial charge < -0.3 is 15.2 Å². The topological polar surface area (TPSA) is 115 Å². The second-order valence-corrected chi connectivity index (χ2v) is 9.28. The van der Waals surface area contributed by atoms with Crippen LogP contribution >= 0.6 is 0 Å². The monoisotopic (exact) mass is 512 g/mol. The van der Waals surface area contributed by atoms with E-state index < -0.39 is 18.0 Å². The average Bonchev–Trinajstić information content (AvgIpc) is 3.47. The molecule has 0 unspecified atom stereocenters. The zero-order valence-corrected chi connectivity index (χ0v) is 20.3. The van der Waals surface area contributed by atoms with E-state index in [1.165, 1.54) is 35.0 Å². The zero-order valence-electron chi connectivity index (χ0n) is 20.3. The third kappa shape index (κ3) is 5.85. The van der Waals surface area contributed by atoms with Crippen LogP contribution in [0.15, 0.2) is 59.1 Å². The van der Waals surface area contributed by atoms with Crippen LogP contribution in [0.2, 0.25) is 0 Å². The number of alkyl halides is 3. The lowest BCUT2D eigenvalue weighted by Gasteiger charge is -2.13. The van der Waals surface area contributed by atoms with Gasteiger partial charge in [-0.3, -0.25) is 14.3 Å². The van der Waals surface area contributed by atoms with Crippen molar-refractivity contribution in [3.63, 3.8) is 0 Å². The van der Waals surface area contributed by atoms with Crippen molar-refractivity contribution in [2.24, 2.45) is 7.05 Å². The van der Waals surface area contributed by atoms with Crippen molar-refractivity contribution in [3.8, 4) is 11.4 Å². The van der Waals surface area contributed by atoms with Crippen LogP contribution in [0.25, 0.3) is 11.4 Å². The number of aryl methyl sites for hydroxylation is 1. The van der Waals surface area contributed by atoms with Gasteiger partial charge >= 0.3 is 12.1 Å². The summed E-state index contributed by atoms with van der Waals surface area (Å²) >= 11 is 0. The molecule has 2 N–H and O–H groups in total. The second-order valence-electron chi connectivity index (χ2n) is 9.28.